The average molecular weight is 302 g/mol. The predicted octanol–water partition coefficient (Wildman–Crippen LogP) is 3.46. The molecule has 0 N–H and O–H groups in total. The van der Waals surface area contributed by atoms with Gasteiger partial charge in [-0.15, -0.1) is 0 Å². The number of benzene rings is 1. The summed E-state index contributed by atoms with van der Waals surface area (Å²) >= 11 is 0. The number of hydrogen-bond acceptors (Lipinski definition) is 2. The van der Waals surface area contributed by atoms with Crippen LogP contribution in [0.25, 0.3) is 0 Å². The van der Waals surface area contributed by atoms with Crippen molar-refractivity contribution in [1.82, 2.24) is 9.80 Å². The first-order valence-corrected chi connectivity index (χ1v) is 8.50. The molecule has 1 unspecified atom stereocenters. The van der Waals surface area contributed by atoms with E-state index < -0.39 is 0 Å². The lowest BCUT2D eigenvalue weighted by Gasteiger charge is -2.28. The molecule has 0 bridgehead atoms. The van der Waals surface area contributed by atoms with Crippen LogP contribution in [-0.4, -0.2) is 41.9 Å². The molecule has 2 rings (SSSR count). The van der Waals surface area contributed by atoms with E-state index >= 15 is 0 Å². The molecule has 0 radical (unpaired) electrons. The van der Waals surface area contributed by atoms with E-state index in [2.05, 4.69) is 57.0 Å². The summed E-state index contributed by atoms with van der Waals surface area (Å²) in [5, 5.41) is 0. The Balaban J connectivity index is 1.98. The maximum absolute atomic E-state index is 12.4. The van der Waals surface area contributed by atoms with Crippen LogP contribution in [0.5, 0.6) is 0 Å². The minimum atomic E-state index is 0.309. The van der Waals surface area contributed by atoms with E-state index in [-0.39, 0.29) is 0 Å². The molecular weight excluding hydrogens is 272 g/mol. The summed E-state index contributed by atoms with van der Waals surface area (Å²) in [6.45, 7) is 9.37. The highest BCUT2D eigenvalue weighted by Crippen LogP contribution is 2.20. The second kappa shape index (κ2) is 7.77. The molecule has 0 aliphatic carbocycles. The van der Waals surface area contributed by atoms with Crippen LogP contribution in [0.3, 0.4) is 0 Å². The van der Waals surface area contributed by atoms with Crippen LogP contribution >= 0.6 is 0 Å². The van der Waals surface area contributed by atoms with Gasteiger partial charge in [0.15, 0.2) is 0 Å². The molecule has 0 aromatic heterocycles. The van der Waals surface area contributed by atoms with E-state index in [1.54, 1.807) is 0 Å². The van der Waals surface area contributed by atoms with Crippen molar-refractivity contribution in [3.8, 4) is 0 Å². The quantitative estimate of drug-likeness (QED) is 0.831. The number of aryl methyl sites for hydroxylation is 1. The summed E-state index contributed by atoms with van der Waals surface area (Å²) in [6, 6.07) is 8.91. The molecule has 0 spiro atoms. The van der Waals surface area contributed by atoms with Crippen LogP contribution in [0, 0.1) is 12.8 Å². The van der Waals surface area contributed by atoms with Crippen LogP contribution in [0.15, 0.2) is 24.3 Å². The second-order valence-corrected chi connectivity index (χ2v) is 7.06. The SMILES string of the molecule is Cc1ccccc1CN1CCC(N(C)CC(C)C)CCC1=O. The lowest BCUT2D eigenvalue weighted by atomic mass is 10.1. The standard InChI is InChI=1S/C19H30N2O/c1-15(2)13-20(4)18-9-10-19(22)21(12-11-18)14-17-8-6-5-7-16(17)3/h5-8,15,18H,9-14H2,1-4H3. The molecule has 1 aromatic carbocycles. The number of rotatable bonds is 5. The van der Waals surface area contributed by atoms with Crippen molar-refractivity contribution in [3.05, 3.63) is 35.4 Å². The highest BCUT2D eigenvalue weighted by Gasteiger charge is 2.25. The second-order valence-electron chi connectivity index (χ2n) is 7.06. The van der Waals surface area contributed by atoms with Crippen molar-refractivity contribution in [2.75, 3.05) is 20.1 Å². The minimum Gasteiger partial charge on any atom is -0.338 e. The number of carbonyl (C=O) groups is 1. The number of hydrogen-bond donors (Lipinski definition) is 0. The molecule has 1 aromatic rings. The van der Waals surface area contributed by atoms with Gasteiger partial charge in [-0.25, -0.2) is 0 Å². The maximum atomic E-state index is 12.4. The van der Waals surface area contributed by atoms with Crippen molar-refractivity contribution in [3.63, 3.8) is 0 Å². The van der Waals surface area contributed by atoms with E-state index in [1.165, 1.54) is 11.1 Å². The van der Waals surface area contributed by atoms with Gasteiger partial charge in [0, 0.05) is 32.1 Å². The van der Waals surface area contributed by atoms with Crippen molar-refractivity contribution >= 4 is 5.91 Å². The number of carbonyl (C=O) groups excluding carboxylic acids is 1. The average Bonchev–Trinajstić information content (AvgIpc) is 2.63. The van der Waals surface area contributed by atoms with Crippen LogP contribution in [0.1, 0.15) is 44.2 Å². The molecule has 1 amide bonds. The third-order valence-corrected chi connectivity index (χ3v) is 4.68. The molecule has 1 heterocycles. The fraction of sp³-hybridized carbons (Fsp3) is 0.632. The van der Waals surface area contributed by atoms with Crippen LogP contribution < -0.4 is 0 Å². The molecule has 0 saturated carbocycles. The largest absolute Gasteiger partial charge is 0.338 e. The number of amides is 1. The summed E-state index contributed by atoms with van der Waals surface area (Å²) in [4.78, 5) is 16.9. The van der Waals surface area contributed by atoms with Gasteiger partial charge in [-0.05, 0) is 43.9 Å². The van der Waals surface area contributed by atoms with Crippen molar-refractivity contribution in [2.45, 2.75) is 52.6 Å². The van der Waals surface area contributed by atoms with E-state index in [4.69, 9.17) is 0 Å². The fourth-order valence-electron chi connectivity index (χ4n) is 3.35. The summed E-state index contributed by atoms with van der Waals surface area (Å²) in [7, 11) is 2.20. The van der Waals surface area contributed by atoms with Crippen molar-refractivity contribution in [2.24, 2.45) is 5.92 Å². The Hall–Kier alpha value is -1.35. The molecule has 3 heteroatoms. The van der Waals surface area contributed by atoms with Gasteiger partial charge in [-0.1, -0.05) is 38.1 Å². The van der Waals surface area contributed by atoms with Crippen LogP contribution in [0.4, 0.5) is 0 Å². The zero-order chi connectivity index (χ0) is 16.1. The van der Waals surface area contributed by atoms with E-state index in [9.17, 15) is 4.79 Å². The zero-order valence-corrected chi connectivity index (χ0v) is 14.5. The van der Waals surface area contributed by atoms with E-state index in [0.717, 1.165) is 32.5 Å². The first-order chi connectivity index (χ1) is 10.5. The molecule has 122 valence electrons. The van der Waals surface area contributed by atoms with E-state index in [1.807, 2.05) is 4.90 Å². The van der Waals surface area contributed by atoms with Gasteiger partial charge in [0.1, 0.15) is 0 Å². The molecule has 3 nitrogen and oxygen atoms in total. The molecule has 22 heavy (non-hydrogen) atoms. The smallest absolute Gasteiger partial charge is 0.222 e. The fourth-order valence-corrected chi connectivity index (χ4v) is 3.35. The van der Waals surface area contributed by atoms with Gasteiger partial charge in [0.05, 0.1) is 0 Å². The Bertz CT molecular complexity index is 498. The molecule has 1 aliphatic rings. The Kier molecular flexibility index (Phi) is 6.01. The Labute approximate surface area is 135 Å². The normalized spacial score (nSPS) is 19.8. The van der Waals surface area contributed by atoms with Gasteiger partial charge in [-0.2, -0.15) is 0 Å². The topological polar surface area (TPSA) is 23.6 Å². The lowest BCUT2D eigenvalue weighted by molar-refractivity contribution is -0.131. The van der Waals surface area contributed by atoms with Crippen LogP contribution in [0.2, 0.25) is 0 Å². The molecule has 1 atom stereocenters. The van der Waals surface area contributed by atoms with Gasteiger partial charge in [0.25, 0.3) is 0 Å². The number of nitrogens with zero attached hydrogens (tertiary/aromatic N) is 2. The summed E-state index contributed by atoms with van der Waals surface area (Å²) in [5.74, 6) is 0.982. The third-order valence-electron chi connectivity index (χ3n) is 4.68. The van der Waals surface area contributed by atoms with Crippen molar-refractivity contribution < 1.29 is 4.79 Å². The van der Waals surface area contributed by atoms with Gasteiger partial charge in [-0.3, -0.25) is 4.79 Å². The summed E-state index contributed by atoms with van der Waals surface area (Å²) < 4.78 is 0. The van der Waals surface area contributed by atoms with Crippen LogP contribution in [-0.2, 0) is 11.3 Å². The molecule has 1 saturated heterocycles. The Morgan fingerprint density at radius 3 is 2.68 bits per heavy atom. The molecule has 1 aliphatic heterocycles. The Morgan fingerprint density at radius 2 is 2.00 bits per heavy atom. The highest BCUT2D eigenvalue weighted by molar-refractivity contribution is 5.76. The monoisotopic (exact) mass is 302 g/mol. The Morgan fingerprint density at radius 1 is 1.27 bits per heavy atom. The van der Waals surface area contributed by atoms with Gasteiger partial charge >= 0.3 is 0 Å². The first kappa shape index (κ1) is 17.0. The zero-order valence-electron chi connectivity index (χ0n) is 14.5. The van der Waals surface area contributed by atoms with Crippen molar-refractivity contribution in [1.29, 1.82) is 0 Å². The van der Waals surface area contributed by atoms with Gasteiger partial charge in [0.2, 0.25) is 5.91 Å². The predicted molar refractivity (Wildman–Crippen MR) is 91.7 cm³/mol. The maximum Gasteiger partial charge on any atom is 0.222 e. The van der Waals surface area contributed by atoms with E-state index in [0.29, 0.717) is 24.3 Å². The highest BCUT2D eigenvalue weighted by atomic mass is 16.2. The summed E-state index contributed by atoms with van der Waals surface area (Å²) in [6.07, 6.45) is 2.76. The summed E-state index contributed by atoms with van der Waals surface area (Å²) in [5.41, 5.74) is 2.54. The third kappa shape index (κ3) is 4.57. The number of likely N-dealkylation sites (tertiary alicyclic amines) is 1. The lowest BCUT2D eigenvalue weighted by Crippen LogP contribution is -2.35. The minimum absolute atomic E-state index is 0.309. The first-order valence-electron chi connectivity index (χ1n) is 8.50. The molecule has 1 fully saturated rings. The molecular formula is C19H30N2O. The van der Waals surface area contributed by atoms with Gasteiger partial charge < -0.3 is 9.80 Å².